The van der Waals surface area contributed by atoms with E-state index in [1.54, 1.807) is 7.11 Å². The van der Waals surface area contributed by atoms with E-state index in [-0.39, 0.29) is 11.7 Å². The first-order valence-electron chi connectivity index (χ1n) is 9.92. The molecule has 154 valence electrons. The number of nitrogens with one attached hydrogen (secondary N) is 1. The molecule has 0 aliphatic carbocycles. The Morgan fingerprint density at radius 3 is 2.61 bits per heavy atom. The Balaban J connectivity index is 1.67. The van der Waals surface area contributed by atoms with Crippen LogP contribution in [0.25, 0.3) is 22.0 Å². The number of halogens is 1. The largest absolute Gasteiger partial charge is 0.496 e. The lowest BCUT2D eigenvalue weighted by Gasteiger charge is -2.14. The van der Waals surface area contributed by atoms with Gasteiger partial charge in [-0.2, -0.15) is 0 Å². The van der Waals surface area contributed by atoms with E-state index in [2.05, 4.69) is 26.1 Å². The summed E-state index contributed by atoms with van der Waals surface area (Å²) in [6.45, 7) is 0. The fourth-order valence-corrected chi connectivity index (χ4v) is 4.43. The van der Waals surface area contributed by atoms with E-state index in [1.807, 2.05) is 72.8 Å². The summed E-state index contributed by atoms with van der Waals surface area (Å²) in [5, 5.41) is 5.29. The summed E-state index contributed by atoms with van der Waals surface area (Å²) in [6.07, 6.45) is 0.162. The Kier molecular flexibility index (Phi) is 5.08. The minimum Gasteiger partial charge on any atom is -0.496 e. The number of H-pyrrole nitrogens is 1. The number of ether oxygens (including phenoxy) is 1. The number of fused-ring (bicyclic) bond motifs is 1. The number of nitrogens with zero attached hydrogens (tertiary/aromatic N) is 1. The molecule has 4 aromatic rings. The first kappa shape index (κ1) is 19.6. The quantitative estimate of drug-likeness (QED) is 0.404. The highest BCUT2D eigenvalue weighted by Gasteiger charge is 2.30. The maximum Gasteiger partial charge on any atom is 0.258 e. The molecule has 1 aromatic heterocycles. The Labute approximate surface area is 187 Å². The molecular formula is C25H19BrN2O3. The summed E-state index contributed by atoms with van der Waals surface area (Å²) in [5.74, 6) is 0.739. The first-order chi connectivity index (χ1) is 15.2. The van der Waals surface area contributed by atoms with Crippen molar-refractivity contribution < 1.29 is 9.57 Å². The Morgan fingerprint density at radius 2 is 1.81 bits per heavy atom. The van der Waals surface area contributed by atoms with Crippen molar-refractivity contribution in [2.24, 2.45) is 5.16 Å². The summed E-state index contributed by atoms with van der Waals surface area (Å²) in [6, 6.07) is 23.5. The Morgan fingerprint density at radius 1 is 1.03 bits per heavy atom. The molecule has 5 nitrogen and oxygen atoms in total. The van der Waals surface area contributed by atoms with Crippen LogP contribution in [0.3, 0.4) is 0 Å². The Bertz CT molecular complexity index is 1360. The number of rotatable bonds is 4. The zero-order chi connectivity index (χ0) is 21.4. The van der Waals surface area contributed by atoms with Crippen LogP contribution in [0.2, 0.25) is 0 Å². The van der Waals surface area contributed by atoms with Crippen LogP contribution in [0, 0.1) is 0 Å². The SMILES string of the molecule is COc1ccccc1[C@H]1CC(c2c(-c3ccccc3)c3cc(Br)ccc3[nH]c2=O)=NO1. The van der Waals surface area contributed by atoms with Gasteiger partial charge >= 0.3 is 0 Å². The number of oxime groups is 1. The van der Waals surface area contributed by atoms with E-state index < -0.39 is 0 Å². The zero-order valence-electron chi connectivity index (χ0n) is 16.8. The van der Waals surface area contributed by atoms with Gasteiger partial charge in [-0.25, -0.2) is 0 Å². The van der Waals surface area contributed by atoms with E-state index in [9.17, 15) is 4.79 Å². The number of benzene rings is 3. The molecule has 1 atom stereocenters. The van der Waals surface area contributed by atoms with Gasteiger partial charge in [0.2, 0.25) is 0 Å². The molecule has 1 N–H and O–H groups in total. The lowest BCUT2D eigenvalue weighted by Crippen LogP contribution is -2.20. The molecule has 1 aliphatic heterocycles. The van der Waals surface area contributed by atoms with Gasteiger partial charge in [0.1, 0.15) is 5.75 Å². The van der Waals surface area contributed by atoms with Crippen LogP contribution in [-0.4, -0.2) is 17.8 Å². The van der Waals surface area contributed by atoms with Crippen LogP contribution in [0.1, 0.15) is 23.7 Å². The van der Waals surface area contributed by atoms with E-state index in [0.29, 0.717) is 17.7 Å². The molecule has 6 heteroatoms. The zero-order valence-corrected chi connectivity index (χ0v) is 18.3. The molecule has 0 bridgehead atoms. The van der Waals surface area contributed by atoms with Crippen LogP contribution < -0.4 is 10.3 Å². The molecule has 3 aromatic carbocycles. The summed E-state index contributed by atoms with van der Waals surface area (Å²) >= 11 is 3.56. The lowest BCUT2D eigenvalue weighted by atomic mass is 9.91. The summed E-state index contributed by atoms with van der Waals surface area (Å²) in [4.78, 5) is 22.0. The molecule has 1 aliphatic rings. The van der Waals surface area contributed by atoms with Gasteiger partial charge in [0.15, 0.2) is 6.10 Å². The molecule has 0 amide bonds. The van der Waals surface area contributed by atoms with Crippen LogP contribution in [0.4, 0.5) is 0 Å². The van der Waals surface area contributed by atoms with Gasteiger partial charge in [0.25, 0.3) is 5.56 Å². The fraction of sp³-hybridized carbons (Fsp3) is 0.120. The van der Waals surface area contributed by atoms with Crippen molar-refractivity contribution in [3.8, 4) is 16.9 Å². The molecule has 0 spiro atoms. The average molecular weight is 475 g/mol. The molecule has 0 saturated heterocycles. The van der Waals surface area contributed by atoms with Crippen molar-refractivity contribution in [2.75, 3.05) is 7.11 Å². The molecular weight excluding hydrogens is 456 g/mol. The highest BCUT2D eigenvalue weighted by molar-refractivity contribution is 9.10. The fourth-order valence-electron chi connectivity index (χ4n) is 4.07. The van der Waals surface area contributed by atoms with Crippen molar-refractivity contribution in [1.29, 1.82) is 0 Å². The second-order valence-electron chi connectivity index (χ2n) is 7.34. The minimum absolute atomic E-state index is 0.184. The van der Waals surface area contributed by atoms with Crippen molar-refractivity contribution >= 4 is 32.5 Å². The third-order valence-corrected chi connectivity index (χ3v) is 5.98. The van der Waals surface area contributed by atoms with Gasteiger partial charge in [0.05, 0.1) is 18.4 Å². The highest BCUT2D eigenvalue weighted by Crippen LogP contribution is 2.38. The second-order valence-corrected chi connectivity index (χ2v) is 8.25. The third-order valence-electron chi connectivity index (χ3n) is 5.48. The second kappa shape index (κ2) is 8.04. The summed E-state index contributed by atoms with van der Waals surface area (Å²) in [7, 11) is 1.63. The van der Waals surface area contributed by atoms with Crippen LogP contribution in [0.15, 0.2) is 87.2 Å². The number of aromatic amines is 1. The van der Waals surface area contributed by atoms with Gasteiger partial charge < -0.3 is 14.6 Å². The van der Waals surface area contributed by atoms with Crippen LogP contribution in [0.5, 0.6) is 5.75 Å². The minimum atomic E-state index is -0.313. The number of hydrogen-bond donors (Lipinski definition) is 1. The van der Waals surface area contributed by atoms with Gasteiger partial charge in [0, 0.05) is 32.9 Å². The summed E-state index contributed by atoms with van der Waals surface area (Å²) < 4.78 is 6.42. The van der Waals surface area contributed by atoms with E-state index in [1.165, 1.54) is 0 Å². The van der Waals surface area contributed by atoms with E-state index in [4.69, 9.17) is 9.57 Å². The van der Waals surface area contributed by atoms with Crippen molar-refractivity contribution in [2.45, 2.75) is 12.5 Å². The molecule has 31 heavy (non-hydrogen) atoms. The molecule has 0 saturated carbocycles. The number of hydrogen-bond acceptors (Lipinski definition) is 4. The van der Waals surface area contributed by atoms with Gasteiger partial charge in [-0.15, -0.1) is 0 Å². The molecule has 2 heterocycles. The highest BCUT2D eigenvalue weighted by atomic mass is 79.9. The maximum absolute atomic E-state index is 13.2. The van der Waals surface area contributed by atoms with Crippen LogP contribution >= 0.6 is 15.9 Å². The van der Waals surface area contributed by atoms with Gasteiger partial charge in [-0.3, -0.25) is 4.79 Å². The number of aromatic nitrogens is 1. The van der Waals surface area contributed by atoms with Crippen molar-refractivity contribution in [3.05, 3.63) is 98.7 Å². The first-order valence-corrected chi connectivity index (χ1v) is 10.7. The standard InChI is InChI=1S/C25H19BrN2O3/c1-30-21-10-6-5-9-17(21)22-14-20(28-31-22)24-23(15-7-3-2-4-8-15)18-13-16(26)11-12-19(18)27-25(24)29/h2-13,22H,14H2,1H3,(H,27,29)/t22-/m1/s1. The number of methoxy groups -OCH3 is 1. The normalized spacial score (nSPS) is 15.5. The average Bonchev–Trinajstić information content (AvgIpc) is 3.28. The predicted molar refractivity (Wildman–Crippen MR) is 126 cm³/mol. The molecule has 0 radical (unpaired) electrons. The smallest absolute Gasteiger partial charge is 0.258 e. The summed E-state index contributed by atoms with van der Waals surface area (Å²) in [5.41, 5.74) is 4.46. The van der Waals surface area contributed by atoms with Crippen LogP contribution in [-0.2, 0) is 4.84 Å². The topological polar surface area (TPSA) is 63.7 Å². The van der Waals surface area contributed by atoms with Gasteiger partial charge in [-0.05, 0) is 29.8 Å². The van der Waals surface area contributed by atoms with E-state index >= 15 is 0 Å². The third kappa shape index (κ3) is 3.53. The molecule has 0 unspecified atom stereocenters. The molecule has 0 fully saturated rings. The van der Waals surface area contributed by atoms with Crippen molar-refractivity contribution in [3.63, 3.8) is 0 Å². The predicted octanol–water partition coefficient (Wildman–Crippen LogP) is 5.83. The number of para-hydroxylation sites is 1. The number of pyridine rings is 1. The monoisotopic (exact) mass is 474 g/mol. The van der Waals surface area contributed by atoms with E-state index in [0.717, 1.165) is 37.8 Å². The molecule has 5 rings (SSSR count). The van der Waals surface area contributed by atoms with Gasteiger partial charge in [-0.1, -0.05) is 69.6 Å². The Hall–Kier alpha value is -3.38. The lowest BCUT2D eigenvalue weighted by molar-refractivity contribution is 0.0837. The van der Waals surface area contributed by atoms with Crippen molar-refractivity contribution in [1.82, 2.24) is 4.98 Å². The maximum atomic E-state index is 13.2.